The van der Waals surface area contributed by atoms with Crippen molar-refractivity contribution in [2.24, 2.45) is 44.6 Å². The molecule has 14 N–H and O–H groups in total. The Balaban J connectivity index is 1.92. The van der Waals surface area contributed by atoms with Gasteiger partial charge in [0.2, 0.25) is 29.5 Å². The van der Waals surface area contributed by atoms with E-state index >= 15 is 0 Å². The first kappa shape index (κ1) is 44.8. The van der Waals surface area contributed by atoms with E-state index in [-0.39, 0.29) is 56.5 Å². The first-order chi connectivity index (χ1) is 27.0. The summed E-state index contributed by atoms with van der Waals surface area (Å²) in [5.41, 5.74) is 29.1. The number of nitrogens with one attached hydrogen (secondary N) is 4. The summed E-state index contributed by atoms with van der Waals surface area (Å²) in [5.74, 6) is -5.10. The summed E-state index contributed by atoms with van der Waals surface area (Å²) in [4.78, 5) is 75.1. The van der Waals surface area contributed by atoms with E-state index in [1.165, 1.54) is 42.5 Å². The number of guanidine groups is 2. The number of nitrogens with two attached hydrogens (primary N) is 5. The Morgan fingerprint density at radius 1 is 0.632 bits per heavy atom. The molecule has 0 aliphatic rings. The highest BCUT2D eigenvalue weighted by Gasteiger charge is 2.32. The molecule has 3 aromatic carbocycles. The van der Waals surface area contributed by atoms with Crippen molar-refractivity contribution in [3.63, 3.8) is 0 Å². The number of amides is 5. The van der Waals surface area contributed by atoms with Crippen molar-refractivity contribution in [2.45, 2.75) is 76.5 Å². The molecule has 0 aromatic heterocycles. The number of hydrogen-bond donors (Lipinski definition) is 9. The molecule has 18 heteroatoms. The maximum absolute atomic E-state index is 14.1. The molecule has 0 radical (unpaired) electrons. The van der Waals surface area contributed by atoms with E-state index in [1.54, 1.807) is 30.3 Å². The minimum atomic E-state index is -1.32. The molecule has 0 unspecified atom stereocenters. The zero-order valence-corrected chi connectivity index (χ0v) is 31.8. The number of benzene rings is 3. The molecule has 16 nitrogen and oxygen atoms in total. The standard InChI is InChI=1S/C39H51F2N11O5/c1-22(2)17-30(35(55)50-29(34(42)54)7-4-16-47-38(43)44)51-37(57)32(20-24-10-14-28(15-11-24)48-39(45)46)52-36(56)31(19-23-8-12-26(40)13-9-23)49-33(53)21-25-5-3-6-27(41)18-25/h3,5-6,8-15,18,22,29-32H,4,7,16-17,19-21H2,1-2H3,(H2,42,54)(H,49,53)(H,50,55)(H,51,57)(H,52,56)(H4,43,44,47)(H4,45,46,48)/t29-,30-,31-,32-/m0/s1. The lowest BCUT2D eigenvalue weighted by molar-refractivity contribution is -0.134. The summed E-state index contributed by atoms with van der Waals surface area (Å²) in [6, 6.07) is 12.3. The van der Waals surface area contributed by atoms with Crippen LogP contribution in [0.15, 0.2) is 82.8 Å². The topological polar surface area (TPSA) is 288 Å². The Morgan fingerprint density at radius 2 is 1.18 bits per heavy atom. The number of rotatable bonds is 21. The Kier molecular flexibility index (Phi) is 17.4. The molecule has 3 rings (SSSR count). The Bertz CT molecular complexity index is 1900. The number of carbonyl (C=O) groups excluding carboxylic acids is 5. The average molecular weight is 792 g/mol. The van der Waals surface area contributed by atoms with E-state index in [4.69, 9.17) is 28.7 Å². The quantitative estimate of drug-likeness (QED) is 0.0410. The van der Waals surface area contributed by atoms with Crippen LogP contribution in [0.2, 0.25) is 0 Å². The maximum Gasteiger partial charge on any atom is 0.243 e. The first-order valence-electron chi connectivity index (χ1n) is 18.2. The Morgan fingerprint density at radius 3 is 1.72 bits per heavy atom. The minimum absolute atomic E-state index is 0.0924. The lowest BCUT2D eigenvalue weighted by Crippen LogP contribution is -2.59. The third-order valence-corrected chi connectivity index (χ3v) is 8.47. The van der Waals surface area contributed by atoms with Crippen LogP contribution in [-0.2, 0) is 43.2 Å². The van der Waals surface area contributed by atoms with Gasteiger partial charge < -0.3 is 49.9 Å². The van der Waals surface area contributed by atoms with Gasteiger partial charge in [-0.3, -0.25) is 29.0 Å². The molecule has 3 aromatic rings. The van der Waals surface area contributed by atoms with Gasteiger partial charge in [0.15, 0.2) is 11.9 Å². The summed E-state index contributed by atoms with van der Waals surface area (Å²) in [6.07, 6.45) is 0.136. The number of nitrogens with zero attached hydrogens (tertiary/aromatic N) is 2. The van der Waals surface area contributed by atoms with Crippen LogP contribution in [0.25, 0.3) is 0 Å². The fraction of sp³-hybridized carbons (Fsp3) is 0.359. The molecule has 306 valence electrons. The highest BCUT2D eigenvalue weighted by atomic mass is 19.1. The number of hydrogen-bond acceptors (Lipinski definition) is 7. The van der Waals surface area contributed by atoms with Crippen LogP contribution in [-0.4, -0.2) is 72.2 Å². The number of carbonyl (C=O) groups is 5. The fourth-order valence-electron chi connectivity index (χ4n) is 5.75. The Hall–Kier alpha value is -6.59. The number of aliphatic imine (C=N–C) groups is 2. The van der Waals surface area contributed by atoms with Crippen molar-refractivity contribution in [3.05, 3.63) is 101 Å². The molecule has 0 fully saturated rings. The molecule has 0 aliphatic heterocycles. The number of primary amides is 1. The zero-order chi connectivity index (χ0) is 42.1. The lowest BCUT2D eigenvalue weighted by atomic mass is 9.99. The second-order valence-electron chi connectivity index (χ2n) is 13.8. The highest BCUT2D eigenvalue weighted by molar-refractivity contribution is 5.95. The van der Waals surface area contributed by atoms with Crippen molar-refractivity contribution in [1.29, 1.82) is 0 Å². The van der Waals surface area contributed by atoms with Crippen molar-refractivity contribution in [2.75, 3.05) is 6.54 Å². The maximum atomic E-state index is 14.1. The molecule has 57 heavy (non-hydrogen) atoms. The van der Waals surface area contributed by atoms with Crippen molar-refractivity contribution < 1.29 is 32.8 Å². The van der Waals surface area contributed by atoms with Gasteiger partial charge in [0.25, 0.3) is 0 Å². The van der Waals surface area contributed by atoms with Gasteiger partial charge in [-0.05, 0) is 78.3 Å². The highest BCUT2D eigenvalue weighted by Crippen LogP contribution is 2.16. The van der Waals surface area contributed by atoms with Gasteiger partial charge in [0.1, 0.15) is 35.8 Å². The first-order valence-corrected chi connectivity index (χ1v) is 18.2. The van der Waals surface area contributed by atoms with Gasteiger partial charge in [0, 0.05) is 19.4 Å². The van der Waals surface area contributed by atoms with Crippen LogP contribution in [0, 0.1) is 17.6 Å². The molecule has 0 spiro atoms. The molecule has 4 atom stereocenters. The molecule has 0 bridgehead atoms. The molecule has 0 aliphatic carbocycles. The molecular formula is C39H51F2N11O5. The van der Waals surface area contributed by atoms with Gasteiger partial charge in [-0.2, -0.15) is 0 Å². The van der Waals surface area contributed by atoms with Gasteiger partial charge in [-0.1, -0.05) is 50.2 Å². The SMILES string of the molecule is CC(C)C[C@H](NC(=O)[C@H](Cc1ccc(N=C(N)N)cc1)NC(=O)[C@H](Cc1ccc(F)cc1)NC(=O)Cc1cccc(F)c1)C(=O)N[C@@H](CCCN=C(N)N)C(N)=O. The molecular weight excluding hydrogens is 740 g/mol. The van der Waals surface area contributed by atoms with E-state index in [9.17, 15) is 32.8 Å². The van der Waals surface area contributed by atoms with Crippen LogP contribution < -0.4 is 49.9 Å². The minimum Gasteiger partial charge on any atom is -0.370 e. The average Bonchev–Trinajstić information content (AvgIpc) is 3.12. The van der Waals surface area contributed by atoms with Crippen LogP contribution in [0.4, 0.5) is 14.5 Å². The Labute approximate surface area is 329 Å². The largest absolute Gasteiger partial charge is 0.370 e. The van der Waals surface area contributed by atoms with E-state index in [0.717, 1.165) is 0 Å². The van der Waals surface area contributed by atoms with Crippen molar-refractivity contribution in [3.8, 4) is 0 Å². The normalized spacial score (nSPS) is 12.9. The monoisotopic (exact) mass is 791 g/mol. The van der Waals surface area contributed by atoms with Crippen LogP contribution in [0.5, 0.6) is 0 Å². The molecule has 0 heterocycles. The van der Waals surface area contributed by atoms with Gasteiger partial charge in [0.05, 0.1) is 12.1 Å². The van der Waals surface area contributed by atoms with Crippen molar-refractivity contribution >= 4 is 47.1 Å². The summed E-state index contributed by atoms with van der Waals surface area (Å²) in [6.45, 7) is 3.85. The van der Waals surface area contributed by atoms with Crippen molar-refractivity contribution in [1.82, 2.24) is 21.3 Å². The van der Waals surface area contributed by atoms with E-state index in [1.807, 2.05) is 13.8 Å². The van der Waals surface area contributed by atoms with Gasteiger partial charge >= 0.3 is 0 Å². The van der Waals surface area contributed by atoms with E-state index < -0.39 is 65.3 Å². The van der Waals surface area contributed by atoms with E-state index in [2.05, 4.69) is 31.3 Å². The smallest absolute Gasteiger partial charge is 0.243 e. The predicted molar refractivity (Wildman–Crippen MR) is 212 cm³/mol. The second kappa shape index (κ2) is 22.1. The molecule has 0 saturated carbocycles. The lowest BCUT2D eigenvalue weighted by Gasteiger charge is -2.27. The number of halogens is 2. The summed E-state index contributed by atoms with van der Waals surface area (Å²) in [5, 5.41) is 10.7. The van der Waals surface area contributed by atoms with Crippen LogP contribution in [0.3, 0.4) is 0 Å². The van der Waals surface area contributed by atoms with E-state index in [0.29, 0.717) is 28.8 Å². The van der Waals surface area contributed by atoms with Crippen LogP contribution >= 0.6 is 0 Å². The molecule has 0 saturated heterocycles. The fourth-order valence-corrected chi connectivity index (χ4v) is 5.75. The third kappa shape index (κ3) is 16.4. The summed E-state index contributed by atoms with van der Waals surface area (Å²) < 4.78 is 27.6. The summed E-state index contributed by atoms with van der Waals surface area (Å²) >= 11 is 0. The van der Waals surface area contributed by atoms with Crippen LogP contribution in [0.1, 0.15) is 49.8 Å². The summed E-state index contributed by atoms with van der Waals surface area (Å²) in [7, 11) is 0. The molecule has 5 amide bonds. The predicted octanol–water partition coefficient (Wildman–Crippen LogP) is 0.422. The zero-order valence-electron chi connectivity index (χ0n) is 31.8. The van der Waals surface area contributed by atoms with Gasteiger partial charge in [-0.25, -0.2) is 13.8 Å². The van der Waals surface area contributed by atoms with Gasteiger partial charge in [-0.15, -0.1) is 0 Å². The third-order valence-electron chi connectivity index (χ3n) is 8.47. The second-order valence-corrected chi connectivity index (χ2v) is 13.8.